The van der Waals surface area contributed by atoms with E-state index in [4.69, 9.17) is 16.3 Å². The fourth-order valence-corrected chi connectivity index (χ4v) is 2.38. The van der Waals surface area contributed by atoms with Crippen LogP contribution in [0, 0.1) is 5.82 Å². The number of nitrogens with one attached hydrogen (secondary N) is 1. The van der Waals surface area contributed by atoms with E-state index in [-0.39, 0.29) is 12.4 Å². The van der Waals surface area contributed by atoms with Gasteiger partial charge in [-0.2, -0.15) is 0 Å². The summed E-state index contributed by atoms with van der Waals surface area (Å²) in [6, 6.07) is 11.1. The third-order valence-corrected chi connectivity index (χ3v) is 3.52. The molecule has 2 aromatic rings. The van der Waals surface area contributed by atoms with E-state index in [0.29, 0.717) is 17.3 Å². The summed E-state index contributed by atoms with van der Waals surface area (Å²) in [4.78, 5) is 0. The lowest BCUT2D eigenvalue weighted by Gasteiger charge is -2.15. The Morgan fingerprint density at radius 1 is 1.24 bits per heavy atom. The molecule has 0 radical (unpaired) electrons. The minimum atomic E-state index is -0.713. The molecule has 112 valence electrons. The molecule has 0 aromatic heterocycles. The maximum absolute atomic E-state index is 12.7. The second kappa shape index (κ2) is 7.64. The molecule has 0 fully saturated rings. The molecule has 21 heavy (non-hydrogen) atoms. The lowest BCUT2D eigenvalue weighted by molar-refractivity contribution is 0.117. The van der Waals surface area contributed by atoms with Gasteiger partial charge in [-0.1, -0.05) is 27.5 Å². The molecular formula is C15H14BrClFNO2. The molecule has 0 amide bonds. The van der Waals surface area contributed by atoms with Crippen molar-refractivity contribution in [3.63, 3.8) is 0 Å². The van der Waals surface area contributed by atoms with Gasteiger partial charge in [0.1, 0.15) is 24.3 Å². The van der Waals surface area contributed by atoms with E-state index in [2.05, 4.69) is 21.2 Å². The Bertz CT molecular complexity index is 595. The van der Waals surface area contributed by atoms with Crippen molar-refractivity contribution in [3.8, 4) is 5.75 Å². The first-order valence-electron chi connectivity index (χ1n) is 6.30. The van der Waals surface area contributed by atoms with Gasteiger partial charge < -0.3 is 15.2 Å². The average molecular weight is 375 g/mol. The van der Waals surface area contributed by atoms with Crippen molar-refractivity contribution in [2.45, 2.75) is 6.10 Å². The van der Waals surface area contributed by atoms with Crippen LogP contribution in [0.5, 0.6) is 5.75 Å². The highest BCUT2D eigenvalue weighted by molar-refractivity contribution is 9.10. The Labute approximate surface area is 135 Å². The van der Waals surface area contributed by atoms with Gasteiger partial charge in [0.15, 0.2) is 0 Å². The minimum absolute atomic E-state index is 0.104. The highest BCUT2D eigenvalue weighted by atomic mass is 79.9. The van der Waals surface area contributed by atoms with Gasteiger partial charge in [0.05, 0.1) is 10.7 Å². The smallest absolute Gasteiger partial charge is 0.123 e. The average Bonchev–Trinajstić information content (AvgIpc) is 2.46. The zero-order valence-electron chi connectivity index (χ0n) is 11.0. The van der Waals surface area contributed by atoms with Crippen LogP contribution in [0.3, 0.4) is 0 Å². The van der Waals surface area contributed by atoms with Crippen LogP contribution in [0.4, 0.5) is 10.1 Å². The SMILES string of the molecule is OC(CNc1ccc(Br)cc1Cl)COc1ccc(F)cc1. The van der Waals surface area contributed by atoms with Crippen LogP contribution in [0.25, 0.3) is 0 Å². The summed E-state index contributed by atoms with van der Waals surface area (Å²) >= 11 is 9.38. The third kappa shape index (κ3) is 5.19. The zero-order chi connectivity index (χ0) is 15.2. The van der Waals surface area contributed by atoms with Crippen LogP contribution in [-0.4, -0.2) is 24.4 Å². The maximum Gasteiger partial charge on any atom is 0.123 e. The molecule has 3 nitrogen and oxygen atoms in total. The molecule has 0 spiro atoms. The number of anilines is 1. The Morgan fingerprint density at radius 3 is 2.62 bits per heavy atom. The summed E-state index contributed by atoms with van der Waals surface area (Å²) in [5.41, 5.74) is 0.737. The first kappa shape index (κ1) is 16.1. The first-order valence-corrected chi connectivity index (χ1v) is 7.47. The molecule has 1 unspecified atom stereocenters. The van der Waals surface area contributed by atoms with Crippen LogP contribution in [0.15, 0.2) is 46.9 Å². The largest absolute Gasteiger partial charge is 0.491 e. The standard InChI is InChI=1S/C15H14BrClFNO2/c16-10-1-6-15(14(17)7-10)19-8-12(20)9-21-13-4-2-11(18)3-5-13/h1-7,12,19-20H,8-9H2. The fraction of sp³-hybridized carbons (Fsp3) is 0.200. The highest BCUT2D eigenvalue weighted by Crippen LogP contribution is 2.25. The van der Waals surface area contributed by atoms with E-state index in [1.54, 1.807) is 6.07 Å². The van der Waals surface area contributed by atoms with Gasteiger partial charge in [-0.3, -0.25) is 0 Å². The van der Waals surface area contributed by atoms with Gasteiger partial charge in [0.2, 0.25) is 0 Å². The molecule has 0 aliphatic carbocycles. The zero-order valence-corrected chi connectivity index (χ0v) is 13.4. The van der Waals surface area contributed by atoms with Crippen molar-refractivity contribution in [1.29, 1.82) is 0 Å². The van der Waals surface area contributed by atoms with E-state index in [9.17, 15) is 9.50 Å². The maximum atomic E-state index is 12.7. The summed E-state index contributed by atoms with van der Waals surface area (Å²) < 4.78 is 19.0. The molecule has 0 saturated carbocycles. The van der Waals surface area contributed by atoms with Crippen LogP contribution in [0.1, 0.15) is 0 Å². The number of hydrogen-bond acceptors (Lipinski definition) is 3. The minimum Gasteiger partial charge on any atom is -0.491 e. The van der Waals surface area contributed by atoms with Gasteiger partial charge in [0, 0.05) is 11.0 Å². The molecule has 2 aromatic carbocycles. The van der Waals surface area contributed by atoms with Crippen molar-refractivity contribution in [1.82, 2.24) is 0 Å². The van der Waals surface area contributed by atoms with Gasteiger partial charge >= 0.3 is 0 Å². The third-order valence-electron chi connectivity index (χ3n) is 2.72. The van der Waals surface area contributed by atoms with Gasteiger partial charge in [-0.15, -0.1) is 0 Å². The first-order chi connectivity index (χ1) is 10.0. The molecule has 0 aliphatic heterocycles. The number of halogens is 3. The monoisotopic (exact) mass is 373 g/mol. The summed E-state index contributed by atoms with van der Waals surface area (Å²) in [5.74, 6) is 0.187. The van der Waals surface area contributed by atoms with Crippen LogP contribution < -0.4 is 10.1 Å². The van der Waals surface area contributed by atoms with E-state index in [0.717, 1.165) is 10.2 Å². The highest BCUT2D eigenvalue weighted by Gasteiger charge is 2.07. The van der Waals surface area contributed by atoms with Gasteiger partial charge in [0.25, 0.3) is 0 Å². The lowest BCUT2D eigenvalue weighted by Crippen LogP contribution is -2.26. The quantitative estimate of drug-likeness (QED) is 0.800. The van der Waals surface area contributed by atoms with Gasteiger partial charge in [-0.25, -0.2) is 4.39 Å². The predicted octanol–water partition coefficient (Wildman–Crippen LogP) is 4.09. The Kier molecular flexibility index (Phi) is 5.85. The molecule has 0 heterocycles. The molecule has 2 N–H and O–H groups in total. The molecule has 0 bridgehead atoms. The number of rotatable bonds is 6. The van der Waals surface area contributed by atoms with Crippen LogP contribution >= 0.6 is 27.5 Å². The second-order valence-electron chi connectivity index (χ2n) is 4.42. The second-order valence-corrected chi connectivity index (χ2v) is 5.75. The fourth-order valence-electron chi connectivity index (χ4n) is 1.64. The Morgan fingerprint density at radius 2 is 1.95 bits per heavy atom. The number of ether oxygens (including phenoxy) is 1. The van der Waals surface area contributed by atoms with E-state index >= 15 is 0 Å². The van der Waals surface area contributed by atoms with E-state index < -0.39 is 6.10 Å². The molecule has 0 saturated heterocycles. The van der Waals surface area contributed by atoms with Crippen LogP contribution in [0.2, 0.25) is 5.02 Å². The summed E-state index contributed by atoms with van der Waals surface area (Å²) in [7, 11) is 0. The van der Waals surface area contributed by atoms with Crippen molar-refractivity contribution in [2.24, 2.45) is 0 Å². The van der Waals surface area contributed by atoms with Gasteiger partial charge in [-0.05, 0) is 42.5 Å². The summed E-state index contributed by atoms with van der Waals surface area (Å²) in [5, 5.41) is 13.5. The molecule has 2 rings (SSSR count). The molecule has 1 atom stereocenters. The number of hydrogen-bond donors (Lipinski definition) is 2. The Hall–Kier alpha value is -1.30. The van der Waals surface area contributed by atoms with Crippen LogP contribution in [-0.2, 0) is 0 Å². The number of aliphatic hydroxyl groups excluding tert-OH is 1. The number of aliphatic hydroxyl groups is 1. The van der Waals surface area contributed by atoms with E-state index in [1.807, 2.05) is 12.1 Å². The van der Waals surface area contributed by atoms with Crippen molar-refractivity contribution in [3.05, 3.63) is 57.8 Å². The Balaban J connectivity index is 1.79. The summed E-state index contributed by atoms with van der Waals surface area (Å²) in [6.07, 6.45) is -0.713. The van der Waals surface area contributed by atoms with E-state index in [1.165, 1.54) is 24.3 Å². The number of benzene rings is 2. The molecule has 6 heteroatoms. The van der Waals surface area contributed by atoms with Crippen molar-refractivity contribution < 1.29 is 14.2 Å². The summed E-state index contributed by atoms with van der Waals surface area (Å²) in [6.45, 7) is 0.398. The topological polar surface area (TPSA) is 41.5 Å². The lowest BCUT2D eigenvalue weighted by atomic mass is 10.3. The predicted molar refractivity (Wildman–Crippen MR) is 85.5 cm³/mol. The molecule has 0 aliphatic rings. The normalized spacial score (nSPS) is 12.0. The molecular weight excluding hydrogens is 361 g/mol. The van der Waals surface area contributed by atoms with Crippen molar-refractivity contribution in [2.75, 3.05) is 18.5 Å². The van der Waals surface area contributed by atoms with Crippen molar-refractivity contribution >= 4 is 33.2 Å².